The van der Waals surface area contributed by atoms with E-state index in [2.05, 4.69) is 21.2 Å². The van der Waals surface area contributed by atoms with Crippen molar-refractivity contribution in [2.75, 3.05) is 5.32 Å². The highest BCUT2D eigenvalue weighted by Gasteiger charge is 2.33. The van der Waals surface area contributed by atoms with E-state index < -0.39 is 23.3 Å². The SMILES string of the molecule is N#C/C(=C\c1ccc(O)c(Br)c1)C(=O)Nc1ccccc1C(F)(F)F. The lowest BCUT2D eigenvalue weighted by Crippen LogP contribution is -2.17. The second-order valence-corrected chi connectivity index (χ2v) is 5.73. The maximum absolute atomic E-state index is 13.0. The number of carbonyl (C=O) groups is 1. The van der Waals surface area contributed by atoms with E-state index in [1.807, 2.05) is 0 Å². The molecule has 0 spiro atoms. The van der Waals surface area contributed by atoms with Crippen LogP contribution >= 0.6 is 15.9 Å². The van der Waals surface area contributed by atoms with Crippen LogP contribution in [0.2, 0.25) is 0 Å². The van der Waals surface area contributed by atoms with Gasteiger partial charge in [0.15, 0.2) is 0 Å². The number of rotatable bonds is 3. The molecule has 2 rings (SSSR count). The highest BCUT2D eigenvalue weighted by Crippen LogP contribution is 2.34. The van der Waals surface area contributed by atoms with Gasteiger partial charge in [0.2, 0.25) is 0 Å². The Labute approximate surface area is 149 Å². The highest BCUT2D eigenvalue weighted by molar-refractivity contribution is 9.10. The zero-order valence-electron chi connectivity index (χ0n) is 12.4. The predicted octanol–water partition coefficient (Wildman–Crippen LogP) is 4.72. The van der Waals surface area contributed by atoms with Gasteiger partial charge in [-0.25, -0.2) is 0 Å². The van der Waals surface area contributed by atoms with E-state index in [0.29, 0.717) is 10.0 Å². The first-order valence-electron chi connectivity index (χ1n) is 6.80. The molecule has 0 saturated carbocycles. The summed E-state index contributed by atoms with van der Waals surface area (Å²) < 4.78 is 39.2. The Balaban J connectivity index is 2.32. The van der Waals surface area contributed by atoms with Crippen molar-refractivity contribution >= 4 is 33.6 Å². The average Bonchev–Trinajstić information content (AvgIpc) is 2.55. The molecular weight excluding hydrogens is 401 g/mol. The van der Waals surface area contributed by atoms with Crippen LogP contribution in [0.15, 0.2) is 52.5 Å². The van der Waals surface area contributed by atoms with Crippen molar-refractivity contribution in [1.29, 1.82) is 5.26 Å². The van der Waals surface area contributed by atoms with Crippen LogP contribution in [-0.4, -0.2) is 11.0 Å². The topological polar surface area (TPSA) is 73.1 Å². The number of para-hydroxylation sites is 1. The van der Waals surface area contributed by atoms with Crippen molar-refractivity contribution < 1.29 is 23.1 Å². The van der Waals surface area contributed by atoms with E-state index >= 15 is 0 Å². The minimum absolute atomic E-state index is 0.0285. The van der Waals surface area contributed by atoms with Crippen molar-refractivity contribution in [3.05, 3.63) is 63.6 Å². The average molecular weight is 411 g/mol. The molecule has 0 unspecified atom stereocenters. The fraction of sp³-hybridized carbons (Fsp3) is 0.0588. The Morgan fingerprint density at radius 1 is 1.24 bits per heavy atom. The molecule has 0 heterocycles. The minimum atomic E-state index is -4.64. The summed E-state index contributed by atoms with van der Waals surface area (Å²) in [6.07, 6.45) is -3.43. The van der Waals surface area contributed by atoms with Crippen LogP contribution in [0.4, 0.5) is 18.9 Å². The highest BCUT2D eigenvalue weighted by atomic mass is 79.9. The molecule has 0 radical (unpaired) electrons. The van der Waals surface area contributed by atoms with Crippen molar-refractivity contribution in [2.24, 2.45) is 0 Å². The number of nitrogens with one attached hydrogen (secondary N) is 1. The number of phenolic OH excluding ortho intramolecular Hbond substituents is 1. The van der Waals surface area contributed by atoms with Crippen molar-refractivity contribution in [3.63, 3.8) is 0 Å². The molecule has 0 aliphatic rings. The first-order valence-corrected chi connectivity index (χ1v) is 7.59. The quantitative estimate of drug-likeness (QED) is 0.567. The smallest absolute Gasteiger partial charge is 0.418 e. The molecule has 0 bridgehead atoms. The van der Waals surface area contributed by atoms with Crippen LogP contribution in [0.5, 0.6) is 5.75 Å². The molecule has 0 saturated heterocycles. The van der Waals surface area contributed by atoms with Crippen LogP contribution in [0.1, 0.15) is 11.1 Å². The van der Waals surface area contributed by atoms with Crippen LogP contribution in [0.25, 0.3) is 6.08 Å². The third-order valence-corrected chi connectivity index (χ3v) is 3.76. The van der Waals surface area contributed by atoms with E-state index in [1.54, 1.807) is 6.07 Å². The lowest BCUT2D eigenvalue weighted by atomic mass is 10.1. The summed E-state index contributed by atoms with van der Waals surface area (Å²) in [7, 11) is 0. The Hall–Kier alpha value is -2.79. The maximum Gasteiger partial charge on any atom is 0.418 e. The number of nitriles is 1. The van der Waals surface area contributed by atoms with Gasteiger partial charge in [0.25, 0.3) is 5.91 Å². The first kappa shape index (κ1) is 18.5. The summed E-state index contributed by atoms with van der Waals surface area (Å²) in [6, 6.07) is 10.4. The van der Waals surface area contributed by atoms with Gasteiger partial charge in [0.1, 0.15) is 17.4 Å². The summed E-state index contributed by atoms with van der Waals surface area (Å²) in [4.78, 5) is 12.1. The number of phenols is 1. The number of alkyl halides is 3. The minimum Gasteiger partial charge on any atom is -0.507 e. The van der Waals surface area contributed by atoms with Crippen LogP contribution < -0.4 is 5.32 Å². The van der Waals surface area contributed by atoms with E-state index in [-0.39, 0.29) is 11.3 Å². The Bertz CT molecular complexity index is 886. The van der Waals surface area contributed by atoms with Crippen LogP contribution in [0.3, 0.4) is 0 Å². The molecule has 2 aromatic rings. The Kier molecular flexibility index (Phi) is 5.49. The first-order chi connectivity index (χ1) is 11.7. The van der Waals surface area contributed by atoms with Crippen LogP contribution in [0, 0.1) is 11.3 Å². The van der Waals surface area contributed by atoms with Gasteiger partial charge >= 0.3 is 6.18 Å². The largest absolute Gasteiger partial charge is 0.507 e. The van der Waals surface area contributed by atoms with Gasteiger partial charge in [-0.2, -0.15) is 18.4 Å². The monoisotopic (exact) mass is 410 g/mol. The van der Waals surface area contributed by atoms with Gasteiger partial charge < -0.3 is 10.4 Å². The second kappa shape index (κ2) is 7.40. The van der Waals surface area contributed by atoms with Crippen molar-refractivity contribution in [2.45, 2.75) is 6.18 Å². The molecular formula is C17H10BrF3N2O2. The number of anilines is 1. The van der Waals surface area contributed by atoms with Crippen LogP contribution in [-0.2, 0) is 11.0 Å². The third kappa shape index (κ3) is 4.61. The molecule has 4 nitrogen and oxygen atoms in total. The fourth-order valence-corrected chi connectivity index (χ4v) is 2.35. The molecule has 0 atom stereocenters. The zero-order chi connectivity index (χ0) is 18.6. The number of benzene rings is 2. The third-order valence-electron chi connectivity index (χ3n) is 3.13. The number of nitrogens with zero attached hydrogens (tertiary/aromatic N) is 1. The second-order valence-electron chi connectivity index (χ2n) is 4.88. The molecule has 2 aromatic carbocycles. The number of hydrogen-bond acceptors (Lipinski definition) is 3. The number of hydrogen-bond donors (Lipinski definition) is 2. The molecule has 1 amide bonds. The summed E-state index contributed by atoms with van der Waals surface area (Å²) in [5.41, 5.74) is -1.41. The molecule has 8 heteroatoms. The number of carbonyl (C=O) groups excluding carboxylic acids is 1. The van der Waals surface area contributed by atoms with E-state index in [9.17, 15) is 23.1 Å². The van der Waals surface area contributed by atoms with Crippen molar-refractivity contribution in [3.8, 4) is 11.8 Å². The standard InChI is InChI=1S/C17H10BrF3N2O2/c18-13-8-10(5-6-15(13)24)7-11(9-22)16(25)23-14-4-2-1-3-12(14)17(19,20)21/h1-8,24H,(H,23,25)/b11-7+. The van der Waals surface area contributed by atoms with Gasteiger partial charge in [-0.1, -0.05) is 18.2 Å². The lowest BCUT2D eigenvalue weighted by Gasteiger charge is -2.13. The van der Waals surface area contributed by atoms with Gasteiger partial charge in [0.05, 0.1) is 15.7 Å². The summed E-state index contributed by atoms with van der Waals surface area (Å²) >= 11 is 3.09. The van der Waals surface area contributed by atoms with E-state index in [1.165, 1.54) is 36.4 Å². The van der Waals surface area contributed by atoms with E-state index in [4.69, 9.17) is 5.26 Å². The summed E-state index contributed by atoms with van der Waals surface area (Å²) in [6.45, 7) is 0. The molecule has 0 aliphatic carbocycles. The molecule has 25 heavy (non-hydrogen) atoms. The predicted molar refractivity (Wildman–Crippen MR) is 89.5 cm³/mol. The Morgan fingerprint density at radius 2 is 1.92 bits per heavy atom. The zero-order valence-corrected chi connectivity index (χ0v) is 14.0. The normalized spacial score (nSPS) is 11.7. The number of halogens is 4. The molecule has 0 aromatic heterocycles. The fourth-order valence-electron chi connectivity index (χ4n) is 1.96. The summed E-state index contributed by atoms with van der Waals surface area (Å²) in [5.74, 6) is -0.998. The van der Waals surface area contributed by atoms with Gasteiger partial charge in [-0.15, -0.1) is 0 Å². The molecule has 128 valence electrons. The Morgan fingerprint density at radius 3 is 2.52 bits per heavy atom. The van der Waals surface area contributed by atoms with Crippen molar-refractivity contribution in [1.82, 2.24) is 0 Å². The molecule has 2 N–H and O–H groups in total. The summed E-state index contributed by atoms with van der Waals surface area (Å²) in [5, 5.41) is 20.7. The van der Waals surface area contributed by atoms with E-state index in [0.717, 1.165) is 12.1 Å². The number of aromatic hydroxyl groups is 1. The number of amides is 1. The van der Waals surface area contributed by atoms with Gasteiger partial charge in [0, 0.05) is 0 Å². The molecule has 0 fully saturated rings. The maximum atomic E-state index is 13.0. The lowest BCUT2D eigenvalue weighted by molar-refractivity contribution is -0.137. The van der Waals surface area contributed by atoms with Gasteiger partial charge in [-0.05, 0) is 51.8 Å². The molecule has 0 aliphatic heterocycles. The van der Waals surface area contributed by atoms with Gasteiger partial charge in [-0.3, -0.25) is 4.79 Å².